The molecule has 0 bridgehead atoms. The highest BCUT2D eigenvalue weighted by Crippen LogP contribution is 2.09. The van der Waals surface area contributed by atoms with Crippen molar-refractivity contribution in [2.45, 2.75) is 26.4 Å². The van der Waals surface area contributed by atoms with Crippen LogP contribution in [-0.4, -0.2) is 42.1 Å². The normalized spacial score (nSPS) is 11.2. The fraction of sp³-hybridized carbons (Fsp3) is 0.875. The zero-order chi connectivity index (χ0) is 10.5. The van der Waals surface area contributed by atoms with E-state index in [1.165, 1.54) is 7.11 Å². The van der Waals surface area contributed by atoms with Gasteiger partial charge < -0.3 is 9.84 Å². The minimum atomic E-state index is -0.593. The van der Waals surface area contributed by atoms with Crippen molar-refractivity contribution < 1.29 is 19.5 Å². The third-order valence-electron chi connectivity index (χ3n) is 1.12. The Kier molecular flexibility index (Phi) is 4.72. The Morgan fingerprint density at radius 2 is 2.00 bits per heavy atom. The number of ether oxygens (including phenoxy) is 1. The molecule has 5 heteroatoms. The van der Waals surface area contributed by atoms with Gasteiger partial charge in [0.05, 0.1) is 20.3 Å². The van der Waals surface area contributed by atoms with E-state index in [0.717, 1.165) is 5.06 Å². The van der Waals surface area contributed by atoms with Crippen LogP contribution in [-0.2, 0) is 9.57 Å². The van der Waals surface area contributed by atoms with Gasteiger partial charge in [-0.2, -0.15) is 5.06 Å². The van der Waals surface area contributed by atoms with Crippen LogP contribution in [0.2, 0.25) is 0 Å². The van der Waals surface area contributed by atoms with Gasteiger partial charge in [-0.05, 0) is 20.8 Å². The minimum absolute atomic E-state index is 0.103. The van der Waals surface area contributed by atoms with Gasteiger partial charge in [0.25, 0.3) is 0 Å². The number of hydroxylamine groups is 2. The van der Waals surface area contributed by atoms with E-state index < -0.39 is 11.7 Å². The van der Waals surface area contributed by atoms with Gasteiger partial charge in [0, 0.05) is 0 Å². The van der Waals surface area contributed by atoms with Crippen LogP contribution >= 0.6 is 0 Å². The van der Waals surface area contributed by atoms with Crippen LogP contribution in [0.1, 0.15) is 20.8 Å². The molecule has 13 heavy (non-hydrogen) atoms. The predicted molar refractivity (Wildman–Crippen MR) is 47.0 cm³/mol. The topological polar surface area (TPSA) is 59.0 Å². The van der Waals surface area contributed by atoms with E-state index in [1.54, 1.807) is 20.8 Å². The van der Waals surface area contributed by atoms with Crippen LogP contribution in [0.4, 0.5) is 4.79 Å². The van der Waals surface area contributed by atoms with Gasteiger partial charge in [-0.1, -0.05) is 0 Å². The van der Waals surface area contributed by atoms with E-state index in [-0.39, 0.29) is 13.2 Å². The van der Waals surface area contributed by atoms with Crippen molar-refractivity contribution >= 4 is 6.09 Å². The predicted octanol–water partition coefficient (Wildman–Crippen LogP) is 0.777. The molecule has 0 aromatic heterocycles. The van der Waals surface area contributed by atoms with Crippen LogP contribution < -0.4 is 0 Å². The monoisotopic (exact) mass is 191 g/mol. The van der Waals surface area contributed by atoms with Crippen molar-refractivity contribution in [3.05, 3.63) is 0 Å². The Labute approximate surface area is 78.2 Å². The summed E-state index contributed by atoms with van der Waals surface area (Å²) in [4.78, 5) is 15.9. The van der Waals surface area contributed by atoms with Crippen molar-refractivity contribution in [1.29, 1.82) is 0 Å². The lowest BCUT2D eigenvalue weighted by molar-refractivity contribution is -0.128. The zero-order valence-corrected chi connectivity index (χ0v) is 8.53. The molecule has 0 unspecified atom stereocenters. The molecule has 78 valence electrons. The molecule has 0 saturated heterocycles. The smallest absolute Gasteiger partial charge is 0.434 e. The van der Waals surface area contributed by atoms with E-state index >= 15 is 0 Å². The highest BCUT2D eigenvalue weighted by molar-refractivity contribution is 5.66. The number of carbonyl (C=O) groups is 1. The number of aliphatic hydroxyl groups excluding tert-OH is 1. The summed E-state index contributed by atoms with van der Waals surface area (Å²) in [6.45, 7) is 5.23. The second-order valence-corrected chi connectivity index (χ2v) is 3.49. The SMILES string of the molecule is CON(CCO)C(=O)OC(C)(C)C. The first-order chi connectivity index (χ1) is 5.90. The van der Waals surface area contributed by atoms with E-state index in [2.05, 4.69) is 0 Å². The van der Waals surface area contributed by atoms with Gasteiger partial charge in [0.15, 0.2) is 0 Å². The maximum absolute atomic E-state index is 11.2. The first kappa shape index (κ1) is 12.2. The molecular formula is C8H17NO4. The fourth-order valence-corrected chi connectivity index (χ4v) is 0.661. The van der Waals surface area contributed by atoms with Crippen molar-refractivity contribution in [2.24, 2.45) is 0 Å². The van der Waals surface area contributed by atoms with Crippen LogP contribution in [0.3, 0.4) is 0 Å². The van der Waals surface area contributed by atoms with Gasteiger partial charge in [0.2, 0.25) is 0 Å². The van der Waals surface area contributed by atoms with Gasteiger partial charge >= 0.3 is 6.09 Å². The summed E-state index contributed by atoms with van der Waals surface area (Å²) in [5.74, 6) is 0. The molecule has 0 saturated carbocycles. The summed E-state index contributed by atoms with van der Waals surface area (Å²) in [5, 5.41) is 9.55. The largest absolute Gasteiger partial charge is 0.442 e. The lowest BCUT2D eigenvalue weighted by Gasteiger charge is -2.24. The molecule has 0 aliphatic carbocycles. The fourth-order valence-electron chi connectivity index (χ4n) is 0.661. The Balaban J connectivity index is 4.06. The molecule has 0 aliphatic heterocycles. The Bertz CT molecular complexity index is 164. The molecule has 0 aromatic carbocycles. The number of aliphatic hydroxyl groups is 1. The van der Waals surface area contributed by atoms with Gasteiger partial charge in [-0.15, -0.1) is 0 Å². The number of nitrogens with zero attached hydrogens (tertiary/aromatic N) is 1. The summed E-state index contributed by atoms with van der Waals surface area (Å²) in [6.07, 6.45) is -0.593. The van der Waals surface area contributed by atoms with E-state index in [9.17, 15) is 4.79 Å². The van der Waals surface area contributed by atoms with E-state index in [1.807, 2.05) is 0 Å². The third kappa shape index (κ3) is 5.43. The maximum Gasteiger partial charge on any atom is 0.434 e. The van der Waals surface area contributed by atoms with Crippen LogP contribution in [0.5, 0.6) is 0 Å². The first-order valence-electron chi connectivity index (χ1n) is 4.06. The number of rotatable bonds is 3. The number of hydrogen-bond acceptors (Lipinski definition) is 4. The average Bonchev–Trinajstić information content (AvgIpc) is 1.96. The summed E-state index contributed by atoms with van der Waals surface area (Å²) in [6, 6.07) is 0. The molecule has 0 spiro atoms. The van der Waals surface area contributed by atoms with Crippen LogP contribution in [0.25, 0.3) is 0 Å². The van der Waals surface area contributed by atoms with Crippen molar-refractivity contribution in [2.75, 3.05) is 20.3 Å². The average molecular weight is 191 g/mol. The van der Waals surface area contributed by atoms with Gasteiger partial charge in [0.1, 0.15) is 5.60 Å². The number of carbonyl (C=O) groups excluding carboxylic acids is 1. The molecular weight excluding hydrogens is 174 g/mol. The van der Waals surface area contributed by atoms with Crippen LogP contribution in [0, 0.1) is 0 Å². The lowest BCUT2D eigenvalue weighted by Crippen LogP contribution is -2.37. The molecule has 5 nitrogen and oxygen atoms in total. The molecule has 0 aliphatic rings. The summed E-state index contributed by atoms with van der Waals surface area (Å²) in [7, 11) is 1.35. The molecule has 1 amide bonds. The molecule has 0 atom stereocenters. The molecule has 0 heterocycles. The van der Waals surface area contributed by atoms with Crippen LogP contribution in [0.15, 0.2) is 0 Å². The standard InChI is InChI=1S/C8H17NO4/c1-8(2,3)13-7(11)9(12-4)5-6-10/h10H,5-6H2,1-4H3. The van der Waals surface area contributed by atoms with Gasteiger partial charge in [-0.3, -0.25) is 4.84 Å². The highest BCUT2D eigenvalue weighted by Gasteiger charge is 2.21. The Morgan fingerprint density at radius 3 is 2.31 bits per heavy atom. The van der Waals surface area contributed by atoms with Crippen molar-refractivity contribution in [3.63, 3.8) is 0 Å². The third-order valence-corrected chi connectivity index (χ3v) is 1.12. The maximum atomic E-state index is 11.2. The van der Waals surface area contributed by atoms with E-state index in [0.29, 0.717) is 0 Å². The number of hydrogen-bond donors (Lipinski definition) is 1. The zero-order valence-electron chi connectivity index (χ0n) is 8.53. The summed E-state index contributed by atoms with van der Waals surface area (Å²) in [5.41, 5.74) is -0.552. The number of amides is 1. The second kappa shape index (κ2) is 5.04. The quantitative estimate of drug-likeness (QED) is 0.669. The first-order valence-corrected chi connectivity index (χ1v) is 4.06. The second-order valence-electron chi connectivity index (χ2n) is 3.49. The Morgan fingerprint density at radius 1 is 1.46 bits per heavy atom. The van der Waals surface area contributed by atoms with Gasteiger partial charge in [-0.25, -0.2) is 4.79 Å². The molecule has 0 fully saturated rings. The highest BCUT2D eigenvalue weighted by atomic mass is 16.7. The molecule has 1 N–H and O–H groups in total. The molecule has 0 aromatic rings. The van der Waals surface area contributed by atoms with E-state index in [4.69, 9.17) is 14.7 Å². The van der Waals surface area contributed by atoms with Crippen molar-refractivity contribution in [1.82, 2.24) is 5.06 Å². The van der Waals surface area contributed by atoms with Crippen molar-refractivity contribution in [3.8, 4) is 0 Å². The molecule has 0 radical (unpaired) electrons. The molecule has 0 rings (SSSR count). The minimum Gasteiger partial charge on any atom is -0.442 e. The lowest BCUT2D eigenvalue weighted by atomic mass is 10.2. The Hall–Kier alpha value is -0.810. The summed E-state index contributed by atoms with van der Waals surface area (Å²) >= 11 is 0. The summed E-state index contributed by atoms with van der Waals surface area (Å²) < 4.78 is 4.99.